The van der Waals surface area contributed by atoms with Gasteiger partial charge in [0.25, 0.3) is 0 Å². The second-order valence-electron chi connectivity index (χ2n) is 6.20. The number of nitrogens with zero attached hydrogens (tertiary/aromatic N) is 2. The monoisotopic (exact) mass is 273 g/mol. The summed E-state index contributed by atoms with van der Waals surface area (Å²) < 4.78 is 0. The number of likely N-dealkylation sites (tertiary alicyclic amines) is 1. The maximum atomic E-state index is 3.55. The minimum atomic E-state index is 0.784. The Labute approximate surface area is 123 Å². The number of piperidine rings is 1. The van der Waals surface area contributed by atoms with Crippen LogP contribution in [0.3, 0.4) is 0 Å². The molecule has 0 aromatic heterocycles. The van der Waals surface area contributed by atoms with Crippen LogP contribution in [-0.2, 0) is 0 Å². The van der Waals surface area contributed by atoms with Gasteiger partial charge in [0.2, 0.25) is 0 Å². The first-order valence-electron chi connectivity index (χ1n) is 8.13. The average Bonchev–Trinajstić information content (AvgIpc) is 2.69. The van der Waals surface area contributed by atoms with Gasteiger partial charge < -0.3 is 15.1 Å². The third kappa shape index (κ3) is 3.09. The zero-order valence-corrected chi connectivity index (χ0v) is 12.6. The highest BCUT2D eigenvalue weighted by atomic mass is 15.2. The Kier molecular flexibility index (Phi) is 4.46. The van der Waals surface area contributed by atoms with Gasteiger partial charge in [0.05, 0.1) is 11.4 Å². The summed E-state index contributed by atoms with van der Waals surface area (Å²) in [5, 5.41) is 3.55. The SMILES string of the molecule is CN1CCCCC1CCN1CCCNc2ccccc21. The van der Waals surface area contributed by atoms with Crippen molar-refractivity contribution in [1.82, 2.24) is 4.90 Å². The standard InChI is InChI=1S/C17H27N3/c1-19-12-5-4-7-15(19)10-14-20-13-6-11-18-16-8-2-3-9-17(16)20/h2-3,8-9,15,18H,4-7,10-14H2,1H3. The molecule has 3 rings (SSSR count). The molecule has 0 radical (unpaired) electrons. The van der Waals surface area contributed by atoms with E-state index in [1.54, 1.807) is 0 Å². The molecule has 1 aromatic rings. The summed E-state index contributed by atoms with van der Waals surface area (Å²) in [6.07, 6.45) is 6.70. The zero-order valence-electron chi connectivity index (χ0n) is 12.6. The fraction of sp³-hybridized carbons (Fsp3) is 0.647. The number of fused-ring (bicyclic) bond motifs is 1. The Hall–Kier alpha value is -1.22. The molecule has 1 N–H and O–H groups in total. The number of anilines is 2. The molecule has 2 heterocycles. The molecule has 2 aliphatic heterocycles. The average molecular weight is 273 g/mol. The lowest BCUT2D eigenvalue weighted by molar-refractivity contribution is 0.177. The van der Waals surface area contributed by atoms with E-state index in [0.29, 0.717) is 0 Å². The van der Waals surface area contributed by atoms with E-state index in [1.165, 1.54) is 63.1 Å². The van der Waals surface area contributed by atoms with E-state index in [2.05, 4.69) is 46.4 Å². The fourth-order valence-electron chi connectivity index (χ4n) is 3.56. The first kappa shape index (κ1) is 13.7. The van der Waals surface area contributed by atoms with Gasteiger partial charge in [-0.1, -0.05) is 18.6 Å². The first-order chi connectivity index (χ1) is 9.84. The molecule has 0 spiro atoms. The van der Waals surface area contributed by atoms with Crippen LogP contribution in [0.25, 0.3) is 0 Å². The highest BCUT2D eigenvalue weighted by molar-refractivity contribution is 5.70. The number of nitrogens with one attached hydrogen (secondary N) is 1. The number of hydrogen-bond donors (Lipinski definition) is 1. The predicted molar refractivity (Wildman–Crippen MR) is 86.6 cm³/mol. The van der Waals surface area contributed by atoms with E-state index in [-0.39, 0.29) is 0 Å². The van der Waals surface area contributed by atoms with Gasteiger partial charge in [0, 0.05) is 25.7 Å². The predicted octanol–water partition coefficient (Wildman–Crippen LogP) is 3.18. The van der Waals surface area contributed by atoms with Crippen LogP contribution in [0, 0.1) is 0 Å². The zero-order chi connectivity index (χ0) is 13.8. The summed E-state index contributed by atoms with van der Waals surface area (Å²) in [4.78, 5) is 5.14. The van der Waals surface area contributed by atoms with Gasteiger partial charge in [0.15, 0.2) is 0 Å². The van der Waals surface area contributed by atoms with Gasteiger partial charge >= 0.3 is 0 Å². The molecule has 0 bridgehead atoms. The van der Waals surface area contributed by atoms with E-state index < -0.39 is 0 Å². The lowest BCUT2D eigenvalue weighted by atomic mass is 10.00. The van der Waals surface area contributed by atoms with Gasteiger partial charge in [-0.2, -0.15) is 0 Å². The molecule has 3 nitrogen and oxygen atoms in total. The second kappa shape index (κ2) is 6.49. The van der Waals surface area contributed by atoms with Crippen molar-refractivity contribution in [3.05, 3.63) is 24.3 Å². The summed E-state index contributed by atoms with van der Waals surface area (Å²) in [6.45, 7) is 4.74. The van der Waals surface area contributed by atoms with Crippen LogP contribution in [-0.4, -0.2) is 44.2 Å². The van der Waals surface area contributed by atoms with Gasteiger partial charge in [-0.3, -0.25) is 0 Å². The number of para-hydroxylation sites is 2. The van der Waals surface area contributed by atoms with Crippen LogP contribution in [0.1, 0.15) is 32.1 Å². The van der Waals surface area contributed by atoms with Crippen LogP contribution in [0.5, 0.6) is 0 Å². The van der Waals surface area contributed by atoms with E-state index in [1.807, 2.05) is 0 Å². The number of hydrogen-bond acceptors (Lipinski definition) is 3. The minimum Gasteiger partial charge on any atom is -0.383 e. The molecule has 20 heavy (non-hydrogen) atoms. The summed E-state index contributed by atoms with van der Waals surface area (Å²) >= 11 is 0. The Balaban J connectivity index is 1.64. The minimum absolute atomic E-state index is 0.784. The van der Waals surface area contributed by atoms with Crippen LogP contribution < -0.4 is 10.2 Å². The van der Waals surface area contributed by atoms with Crippen molar-refractivity contribution in [1.29, 1.82) is 0 Å². The molecule has 2 aliphatic rings. The van der Waals surface area contributed by atoms with Gasteiger partial charge in [-0.05, 0) is 51.4 Å². The summed E-state index contributed by atoms with van der Waals surface area (Å²) in [7, 11) is 2.29. The molecule has 3 heteroatoms. The van der Waals surface area contributed by atoms with E-state index in [4.69, 9.17) is 0 Å². The maximum absolute atomic E-state index is 3.55. The van der Waals surface area contributed by atoms with Crippen molar-refractivity contribution in [3.63, 3.8) is 0 Å². The lowest BCUT2D eigenvalue weighted by Gasteiger charge is -2.34. The Morgan fingerprint density at radius 2 is 2.05 bits per heavy atom. The van der Waals surface area contributed by atoms with Crippen molar-refractivity contribution >= 4 is 11.4 Å². The smallest absolute Gasteiger partial charge is 0.0602 e. The molecule has 1 saturated heterocycles. The third-order valence-corrected chi connectivity index (χ3v) is 4.82. The molecule has 0 saturated carbocycles. The molecular weight excluding hydrogens is 246 g/mol. The van der Waals surface area contributed by atoms with E-state index in [9.17, 15) is 0 Å². The third-order valence-electron chi connectivity index (χ3n) is 4.82. The Morgan fingerprint density at radius 3 is 2.95 bits per heavy atom. The molecule has 1 atom stereocenters. The molecule has 0 amide bonds. The van der Waals surface area contributed by atoms with E-state index in [0.717, 1.165) is 12.6 Å². The Morgan fingerprint density at radius 1 is 1.15 bits per heavy atom. The normalized spacial score (nSPS) is 23.9. The second-order valence-corrected chi connectivity index (χ2v) is 6.20. The topological polar surface area (TPSA) is 18.5 Å². The van der Waals surface area contributed by atoms with Crippen molar-refractivity contribution in [3.8, 4) is 0 Å². The van der Waals surface area contributed by atoms with E-state index >= 15 is 0 Å². The van der Waals surface area contributed by atoms with Crippen molar-refractivity contribution in [2.75, 3.05) is 43.4 Å². The summed E-state index contributed by atoms with van der Waals surface area (Å²) in [5.41, 5.74) is 2.70. The molecule has 1 unspecified atom stereocenters. The van der Waals surface area contributed by atoms with Gasteiger partial charge in [-0.15, -0.1) is 0 Å². The van der Waals surface area contributed by atoms with Crippen LogP contribution >= 0.6 is 0 Å². The maximum Gasteiger partial charge on any atom is 0.0602 e. The summed E-state index contributed by atoms with van der Waals surface area (Å²) in [5.74, 6) is 0. The van der Waals surface area contributed by atoms with Gasteiger partial charge in [-0.25, -0.2) is 0 Å². The van der Waals surface area contributed by atoms with Gasteiger partial charge in [0.1, 0.15) is 0 Å². The highest BCUT2D eigenvalue weighted by Gasteiger charge is 2.21. The van der Waals surface area contributed by atoms with Crippen LogP contribution in [0.4, 0.5) is 11.4 Å². The van der Waals surface area contributed by atoms with Crippen molar-refractivity contribution in [2.24, 2.45) is 0 Å². The largest absolute Gasteiger partial charge is 0.383 e. The molecular formula is C17H27N3. The fourth-order valence-corrected chi connectivity index (χ4v) is 3.56. The van der Waals surface area contributed by atoms with Crippen LogP contribution in [0.15, 0.2) is 24.3 Å². The van der Waals surface area contributed by atoms with Crippen molar-refractivity contribution < 1.29 is 0 Å². The highest BCUT2D eigenvalue weighted by Crippen LogP contribution is 2.29. The Bertz CT molecular complexity index is 432. The first-order valence-corrected chi connectivity index (χ1v) is 8.13. The molecule has 1 fully saturated rings. The van der Waals surface area contributed by atoms with Crippen LogP contribution in [0.2, 0.25) is 0 Å². The molecule has 110 valence electrons. The number of rotatable bonds is 3. The molecule has 0 aliphatic carbocycles. The quantitative estimate of drug-likeness (QED) is 0.912. The number of benzene rings is 1. The molecule has 1 aromatic carbocycles. The lowest BCUT2D eigenvalue weighted by Crippen LogP contribution is -2.39. The van der Waals surface area contributed by atoms with Crippen molar-refractivity contribution in [2.45, 2.75) is 38.1 Å². The summed E-state index contributed by atoms with van der Waals surface area (Å²) in [6, 6.07) is 9.54.